The van der Waals surface area contributed by atoms with Gasteiger partial charge >= 0.3 is 5.91 Å². The van der Waals surface area contributed by atoms with E-state index in [1.807, 2.05) is 26.0 Å². The molecule has 1 aliphatic heterocycles. The number of aromatic nitrogens is 3. The Bertz CT molecular complexity index is 1400. The second-order valence-electron chi connectivity index (χ2n) is 7.62. The van der Waals surface area contributed by atoms with Gasteiger partial charge in [-0.15, -0.1) is 0 Å². The van der Waals surface area contributed by atoms with Gasteiger partial charge in [0.25, 0.3) is 5.78 Å². The molecule has 0 radical (unpaired) electrons. The highest BCUT2D eigenvalue weighted by molar-refractivity contribution is 7.22. The molecule has 7 nitrogen and oxygen atoms in total. The van der Waals surface area contributed by atoms with Crippen molar-refractivity contribution >= 4 is 44.1 Å². The molecule has 1 atom stereocenters. The molecule has 1 fully saturated rings. The fourth-order valence-corrected chi connectivity index (χ4v) is 5.18. The standard InChI is InChI=1S/C24H18N4O3S/c1-13-10-14(2)19-17(11-13)32-24(27-19)28-20(16-4-3-7-26-12-16)18(22(30)23(28)31)21(29)15-5-8-25-9-6-15/h3-12,20,29H,1-2H3. The van der Waals surface area contributed by atoms with Crippen LogP contribution in [-0.4, -0.2) is 31.7 Å². The Hall–Kier alpha value is -3.91. The highest BCUT2D eigenvalue weighted by Gasteiger charge is 2.48. The third-order valence-corrected chi connectivity index (χ3v) is 6.42. The summed E-state index contributed by atoms with van der Waals surface area (Å²) in [6, 6.07) is 9.88. The zero-order valence-electron chi connectivity index (χ0n) is 17.3. The number of hydrogen-bond donors (Lipinski definition) is 1. The minimum absolute atomic E-state index is 0.00126. The highest BCUT2D eigenvalue weighted by atomic mass is 32.1. The van der Waals surface area contributed by atoms with Crippen LogP contribution in [0.2, 0.25) is 0 Å². The van der Waals surface area contributed by atoms with Crippen molar-refractivity contribution in [1.29, 1.82) is 0 Å². The van der Waals surface area contributed by atoms with E-state index in [1.165, 1.54) is 28.6 Å². The predicted octanol–water partition coefficient (Wildman–Crippen LogP) is 4.33. The van der Waals surface area contributed by atoms with E-state index < -0.39 is 17.7 Å². The summed E-state index contributed by atoms with van der Waals surface area (Å²) >= 11 is 1.34. The Balaban J connectivity index is 1.74. The summed E-state index contributed by atoms with van der Waals surface area (Å²) in [5.74, 6) is -1.75. The average Bonchev–Trinajstić information content (AvgIpc) is 3.33. The number of fused-ring (bicyclic) bond motifs is 1. The van der Waals surface area contributed by atoms with E-state index in [4.69, 9.17) is 4.98 Å². The summed E-state index contributed by atoms with van der Waals surface area (Å²) in [6.07, 6.45) is 6.24. The SMILES string of the molecule is Cc1cc(C)c2nc(N3C(=O)C(=O)C(=C(O)c4ccncc4)C3c3cccnc3)sc2c1. The molecule has 1 N–H and O–H groups in total. The van der Waals surface area contributed by atoms with Gasteiger partial charge in [-0.1, -0.05) is 23.5 Å². The zero-order valence-corrected chi connectivity index (χ0v) is 18.1. The normalized spacial score (nSPS) is 17.9. The summed E-state index contributed by atoms with van der Waals surface area (Å²) in [5, 5.41) is 11.4. The summed E-state index contributed by atoms with van der Waals surface area (Å²) in [7, 11) is 0. The number of ketones is 1. The van der Waals surface area contributed by atoms with E-state index in [9.17, 15) is 14.7 Å². The van der Waals surface area contributed by atoms with Gasteiger partial charge in [0, 0.05) is 30.4 Å². The van der Waals surface area contributed by atoms with Crippen molar-refractivity contribution in [3.63, 3.8) is 0 Å². The van der Waals surface area contributed by atoms with Crippen LogP contribution in [0.15, 0.2) is 66.8 Å². The van der Waals surface area contributed by atoms with Crippen molar-refractivity contribution in [2.75, 3.05) is 4.90 Å². The first kappa shape index (κ1) is 20.0. The molecule has 5 rings (SSSR count). The van der Waals surface area contributed by atoms with Crippen molar-refractivity contribution in [2.45, 2.75) is 19.9 Å². The van der Waals surface area contributed by atoms with E-state index in [1.54, 1.807) is 36.7 Å². The lowest BCUT2D eigenvalue weighted by Gasteiger charge is -2.22. The monoisotopic (exact) mass is 442 g/mol. The lowest BCUT2D eigenvalue weighted by molar-refractivity contribution is -0.132. The maximum atomic E-state index is 13.2. The first-order valence-corrected chi connectivity index (χ1v) is 10.8. The second kappa shape index (κ2) is 7.65. The Labute approximate surface area is 187 Å². The molecule has 4 aromatic rings. The van der Waals surface area contributed by atoms with E-state index in [-0.39, 0.29) is 11.3 Å². The molecule has 158 valence electrons. The molecular weight excluding hydrogens is 424 g/mol. The molecule has 1 aliphatic rings. The molecule has 1 aromatic carbocycles. The molecule has 0 saturated carbocycles. The van der Waals surface area contributed by atoms with Crippen molar-refractivity contribution in [2.24, 2.45) is 0 Å². The fourth-order valence-electron chi connectivity index (χ4n) is 4.01. The third-order valence-electron chi connectivity index (χ3n) is 5.42. The van der Waals surface area contributed by atoms with E-state index in [2.05, 4.69) is 9.97 Å². The molecule has 32 heavy (non-hydrogen) atoms. The first-order valence-electron chi connectivity index (χ1n) is 9.95. The number of anilines is 1. The summed E-state index contributed by atoms with van der Waals surface area (Å²) in [4.78, 5) is 40.6. The second-order valence-corrected chi connectivity index (χ2v) is 8.63. The summed E-state index contributed by atoms with van der Waals surface area (Å²) in [6.45, 7) is 3.97. The van der Waals surface area contributed by atoms with Crippen molar-refractivity contribution in [1.82, 2.24) is 15.0 Å². The molecular formula is C24H18N4O3S. The van der Waals surface area contributed by atoms with Gasteiger partial charge in [-0.3, -0.25) is 24.5 Å². The number of aryl methyl sites for hydroxylation is 2. The van der Waals surface area contributed by atoms with Gasteiger partial charge in [-0.2, -0.15) is 0 Å². The molecule has 4 heterocycles. The van der Waals surface area contributed by atoms with Gasteiger partial charge in [0.05, 0.1) is 21.8 Å². The molecule has 1 unspecified atom stereocenters. The van der Waals surface area contributed by atoms with E-state index >= 15 is 0 Å². The van der Waals surface area contributed by atoms with Gasteiger partial charge in [-0.25, -0.2) is 4.98 Å². The maximum absolute atomic E-state index is 13.2. The number of aliphatic hydroxyl groups is 1. The van der Waals surface area contributed by atoms with Crippen LogP contribution in [0.25, 0.3) is 16.0 Å². The molecule has 1 saturated heterocycles. The molecule has 0 bridgehead atoms. The van der Waals surface area contributed by atoms with Crippen LogP contribution in [0.4, 0.5) is 5.13 Å². The number of nitrogens with zero attached hydrogens (tertiary/aromatic N) is 4. The average molecular weight is 443 g/mol. The van der Waals surface area contributed by atoms with Gasteiger partial charge in [0.2, 0.25) is 0 Å². The first-order chi connectivity index (χ1) is 15.5. The number of amides is 1. The number of benzene rings is 1. The number of pyridine rings is 2. The fraction of sp³-hybridized carbons (Fsp3) is 0.125. The largest absolute Gasteiger partial charge is 0.507 e. The molecule has 0 spiro atoms. The minimum Gasteiger partial charge on any atom is -0.507 e. The lowest BCUT2D eigenvalue weighted by Crippen LogP contribution is -2.29. The maximum Gasteiger partial charge on any atom is 0.301 e. The number of thiazole rings is 1. The third kappa shape index (κ3) is 3.16. The van der Waals surface area contributed by atoms with Crippen molar-refractivity contribution in [3.05, 3.63) is 89.0 Å². The molecule has 3 aromatic heterocycles. The number of Topliss-reactive ketones (excluding diaryl/α,β-unsaturated/α-hetero) is 1. The van der Waals surface area contributed by atoms with Gasteiger partial charge < -0.3 is 5.11 Å². The highest BCUT2D eigenvalue weighted by Crippen LogP contribution is 2.44. The van der Waals surface area contributed by atoms with Crippen LogP contribution in [0.3, 0.4) is 0 Å². The summed E-state index contributed by atoms with van der Waals surface area (Å²) in [5.41, 5.74) is 3.89. The van der Waals surface area contributed by atoms with Crippen LogP contribution in [-0.2, 0) is 9.59 Å². The minimum atomic E-state index is -0.848. The Morgan fingerprint density at radius 2 is 1.84 bits per heavy atom. The van der Waals surface area contributed by atoms with Gasteiger partial charge in [0.15, 0.2) is 5.13 Å². The van der Waals surface area contributed by atoms with Gasteiger partial charge in [0.1, 0.15) is 5.76 Å². The van der Waals surface area contributed by atoms with Gasteiger partial charge in [-0.05, 0) is 54.8 Å². The van der Waals surface area contributed by atoms with E-state index in [0.717, 1.165) is 21.3 Å². The Morgan fingerprint density at radius 3 is 2.56 bits per heavy atom. The van der Waals surface area contributed by atoms with E-state index in [0.29, 0.717) is 16.3 Å². The number of rotatable bonds is 3. The van der Waals surface area contributed by atoms with Crippen LogP contribution < -0.4 is 4.90 Å². The number of hydrogen-bond acceptors (Lipinski definition) is 7. The topological polar surface area (TPSA) is 96.3 Å². The van der Waals surface area contributed by atoms with Crippen LogP contribution in [0, 0.1) is 13.8 Å². The zero-order chi connectivity index (χ0) is 22.4. The molecule has 8 heteroatoms. The van der Waals surface area contributed by atoms with Crippen LogP contribution in [0.1, 0.15) is 28.3 Å². The van der Waals surface area contributed by atoms with Crippen molar-refractivity contribution in [3.8, 4) is 0 Å². The Kier molecular flexibility index (Phi) is 4.79. The van der Waals surface area contributed by atoms with Crippen LogP contribution >= 0.6 is 11.3 Å². The quantitative estimate of drug-likeness (QED) is 0.288. The predicted molar refractivity (Wildman–Crippen MR) is 122 cm³/mol. The van der Waals surface area contributed by atoms with Crippen molar-refractivity contribution < 1.29 is 14.7 Å². The lowest BCUT2D eigenvalue weighted by atomic mass is 9.97. The number of aliphatic hydroxyl groups excluding tert-OH is 1. The summed E-state index contributed by atoms with van der Waals surface area (Å²) < 4.78 is 0.929. The molecule has 1 amide bonds. The van der Waals surface area contributed by atoms with Crippen LogP contribution in [0.5, 0.6) is 0 Å². The Morgan fingerprint density at radius 1 is 1.06 bits per heavy atom. The number of carbonyl (C=O) groups is 2. The molecule has 0 aliphatic carbocycles. The number of carbonyl (C=O) groups excluding carboxylic acids is 2. The smallest absolute Gasteiger partial charge is 0.301 e.